The first-order chi connectivity index (χ1) is 7.38. The number of likely N-dealkylation sites (tertiary alicyclic amines) is 1. The second kappa shape index (κ2) is 3.73. The molecule has 0 radical (unpaired) electrons. The fourth-order valence-electron chi connectivity index (χ4n) is 1.88. The maximum Gasteiger partial charge on any atom is 0.417 e. The van der Waals surface area contributed by atoms with Gasteiger partial charge in [-0.25, -0.2) is 9.69 Å². The molecule has 0 aliphatic carbocycles. The topological polar surface area (TPSA) is 59.1 Å². The first-order valence-corrected chi connectivity index (χ1v) is 5.55. The Morgan fingerprint density at radius 3 is 2.62 bits per heavy atom. The maximum absolute atomic E-state index is 11.8. The van der Waals surface area contributed by atoms with Gasteiger partial charge in [-0.2, -0.15) is 0 Å². The standard InChI is InChI=1S/C11H17NO4/c1-11(2,3)16-10(14)12-7(8-6-15-8)4-5-9(12)13/h7-8H,4-6H2,1-3H3/t7-,8+/m0/s1. The predicted octanol–water partition coefficient (Wildman–Crippen LogP) is 1.31. The molecule has 2 atom stereocenters. The number of rotatable bonds is 1. The summed E-state index contributed by atoms with van der Waals surface area (Å²) in [6, 6.07) is -0.123. The van der Waals surface area contributed by atoms with E-state index in [0.29, 0.717) is 19.4 Å². The van der Waals surface area contributed by atoms with Gasteiger partial charge in [0.25, 0.3) is 0 Å². The zero-order valence-corrected chi connectivity index (χ0v) is 9.86. The molecule has 0 spiro atoms. The monoisotopic (exact) mass is 227 g/mol. The number of hydrogen-bond acceptors (Lipinski definition) is 4. The lowest BCUT2D eigenvalue weighted by Gasteiger charge is -2.26. The van der Waals surface area contributed by atoms with Crippen LogP contribution in [0.5, 0.6) is 0 Å². The van der Waals surface area contributed by atoms with Crippen molar-refractivity contribution >= 4 is 12.0 Å². The highest BCUT2D eigenvalue weighted by molar-refractivity contribution is 5.94. The summed E-state index contributed by atoms with van der Waals surface area (Å²) in [6.07, 6.45) is 0.571. The van der Waals surface area contributed by atoms with Crippen molar-refractivity contribution in [3.63, 3.8) is 0 Å². The molecule has 0 unspecified atom stereocenters. The van der Waals surface area contributed by atoms with E-state index in [1.807, 2.05) is 0 Å². The third-order valence-corrected chi connectivity index (χ3v) is 2.63. The maximum atomic E-state index is 11.8. The zero-order valence-electron chi connectivity index (χ0n) is 9.86. The largest absolute Gasteiger partial charge is 0.443 e. The Balaban J connectivity index is 2.05. The third kappa shape index (κ3) is 2.35. The molecule has 16 heavy (non-hydrogen) atoms. The lowest BCUT2D eigenvalue weighted by Crippen LogP contribution is -2.44. The SMILES string of the molecule is CC(C)(C)OC(=O)N1C(=O)CC[C@H]1[C@H]1CO1. The van der Waals surface area contributed by atoms with Gasteiger partial charge in [-0.3, -0.25) is 4.79 Å². The highest BCUT2D eigenvalue weighted by atomic mass is 16.6. The van der Waals surface area contributed by atoms with Crippen molar-refractivity contribution in [3.05, 3.63) is 0 Å². The van der Waals surface area contributed by atoms with E-state index in [1.54, 1.807) is 20.8 Å². The van der Waals surface area contributed by atoms with Gasteiger partial charge in [0.1, 0.15) is 11.7 Å². The minimum Gasteiger partial charge on any atom is -0.443 e. The van der Waals surface area contributed by atoms with Crippen LogP contribution in [0.2, 0.25) is 0 Å². The van der Waals surface area contributed by atoms with Crippen molar-refractivity contribution < 1.29 is 19.1 Å². The molecular formula is C11H17NO4. The summed E-state index contributed by atoms with van der Waals surface area (Å²) >= 11 is 0. The lowest BCUT2D eigenvalue weighted by atomic mass is 10.1. The Morgan fingerprint density at radius 2 is 2.12 bits per heavy atom. The highest BCUT2D eigenvalue weighted by Gasteiger charge is 2.47. The Labute approximate surface area is 94.7 Å². The molecule has 0 aromatic carbocycles. The Kier molecular flexibility index (Phi) is 2.66. The summed E-state index contributed by atoms with van der Waals surface area (Å²) in [5, 5.41) is 0. The van der Waals surface area contributed by atoms with Crippen molar-refractivity contribution in [1.82, 2.24) is 4.90 Å². The number of nitrogens with zero attached hydrogens (tertiary/aromatic N) is 1. The molecule has 90 valence electrons. The minimum absolute atomic E-state index is 0.0268. The molecule has 2 aliphatic heterocycles. The van der Waals surface area contributed by atoms with Crippen LogP contribution in [0.4, 0.5) is 4.79 Å². The van der Waals surface area contributed by atoms with Crippen LogP contribution in [-0.4, -0.2) is 41.3 Å². The van der Waals surface area contributed by atoms with Crippen molar-refractivity contribution in [2.24, 2.45) is 0 Å². The second-order valence-electron chi connectivity index (χ2n) is 5.22. The van der Waals surface area contributed by atoms with Crippen molar-refractivity contribution in [3.8, 4) is 0 Å². The van der Waals surface area contributed by atoms with E-state index in [2.05, 4.69) is 0 Å². The van der Waals surface area contributed by atoms with Gasteiger partial charge in [0, 0.05) is 6.42 Å². The Morgan fingerprint density at radius 1 is 1.50 bits per heavy atom. The smallest absolute Gasteiger partial charge is 0.417 e. The molecule has 2 fully saturated rings. The van der Waals surface area contributed by atoms with Gasteiger partial charge in [-0.1, -0.05) is 0 Å². The fraction of sp³-hybridized carbons (Fsp3) is 0.818. The van der Waals surface area contributed by atoms with Gasteiger partial charge in [0.05, 0.1) is 12.6 Å². The second-order valence-corrected chi connectivity index (χ2v) is 5.22. The molecule has 5 nitrogen and oxygen atoms in total. The first-order valence-electron chi connectivity index (χ1n) is 5.55. The van der Waals surface area contributed by atoms with E-state index >= 15 is 0 Å². The van der Waals surface area contributed by atoms with Crippen LogP contribution < -0.4 is 0 Å². The van der Waals surface area contributed by atoms with Crippen LogP contribution in [0.1, 0.15) is 33.6 Å². The molecule has 0 N–H and O–H groups in total. The summed E-state index contributed by atoms with van der Waals surface area (Å²) in [6.45, 7) is 5.99. The van der Waals surface area contributed by atoms with Crippen molar-refractivity contribution in [2.75, 3.05) is 6.61 Å². The molecule has 2 saturated heterocycles. The Hall–Kier alpha value is -1.10. The number of epoxide rings is 1. The fourth-order valence-corrected chi connectivity index (χ4v) is 1.88. The summed E-state index contributed by atoms with van der Waals surface area (Å²) in [4.78, 5) is 24.7. The third-order valence-electron chi connectivity index (χ3n) is 2.63. The Bertz CT molecular complexity index is 316. The number of hydrogen-bond donors (Lipinski definition) is 0. The van der Waals surface area contributed by atoms with E-state index < -0.39 is 11.7 Å². The normalized spacial score (nSPS) is 29.4. The van der Waals surface area contributed by atoms with Crippen LogP contribution in [-0.2, 0) is 14.3 Å². The van der Waals surface area contributed by atoms with Crippen LogP contribution in [0.15, 0.2) is 0 Å². The summed E-state index contributed by atoms with van der Waals surface area (Å²) in [5.41, 5.74) is -0.574. The molecule has 2 aliphatic rings. The van der Waals surface area contributed by atoms with E-state index in [4.69, 9.17) is 9.47 Å². The number of ether oxygens (including phenoxy) is 2. The van der Waals surface area contributed by atoms with E-state index in [9.17, 15) is 9.59 Å². The van der Waals surface area contributed by atoms with Gasteiger partial charge < -0.3 is 9.47 Å². The number of amides is 2. The highest BCUT2D eigenvalue weighted by Crippen LogP contribution is 2.30. The summed E-state index contributed by atoms with van der Waals surface area (Å²) in [7, 11) is 0. The quantitative estimate of drug-likeness (QED) is 0.634. The number of carbonyl (C=O) groups is 2. The average Bonchev–Trinajstić information content (AvgIpc) is 2.87. The average molecular weight is 227 g/mol. The first kappa shape index (κ1) is 11.4. The van der Waals surface area contributed by atoms with Crippen LogP contribution in [0.25, 0.3) is 0 Å². The van der Waals surface area contributed by atoms with E-state index in [-0.39, 0.29) is 18.1 Å². The summed E-state index contributed by atoms with van der Waals surface area (Å²) < 4.78 is 10.4. The molecule has 0 bridgehead atoms. The summed E-state index contributed by atoms with van der Waals surface area (Å²) in [5.74, 6) is -0.158. The molecule has 2 heterocycles. The minimum atomic E-state index is -0.574. The van der Waals surface area contributed by atoms with Crippen LogP contribution in [0, 0.1) is 0 Å². The van der Waals surface area contributed by atoms with Crippen molar-refractivity contribution in [2.45, 2.75) is 51.4 Å². The molecule has 2 rings (SSSR count). The van der Waals surface area contributed by atoms with Crippen molar-refractivity contribution in [1.29, 1.82) is 0 Å². The van der Waals surface area contributed by atoms with Crippen LogP contribution >= 0.6 is 0 Å². The van der Waals surface area contributed by atoms with E-state index in [0.717, 1.165) is 0 Å². The number of imide groups is 1. The molecule has 0 aromatic rings. The van der Waals surface area contributed by atoms with Crippen LogP contribution in [0.3, 0.4) is 0 Å². The molecule has 2 amide bonds. The molecule has 0 aromatic heterocycles. The van der Waals surface area contributed by atoms with Gasteiger partial charge >= 0.3 is 6.09 Å². The van der Waals surface area contributed by atoms with Gasteiger partial charge in [0.2, 0.25) is 5.91 Å². The van der Waals surface area contributed by atoms with Gasteiger partial charge in [-0.15, -0.1) is 0 Å². The molecular weight excluding hydrogens is 210 g/mol. The molecule has 0 saturated carbocycles. The zero-order chi connectivity index (χ0) is 11.9. The molecule has 5 heteroatoms. The number of carbonyl (C=O) groups excluding carboxylic acids is 2. The van der Waals surface area contributed by atoms with Gasteiger partial charge in [0.15, 0.2) is 0 Å². The predicted molar refractivity (Wildman–Crippen MR) is 55.8 cm³/mol. The van der Waals surface area contributed by atoms with E-state index in [1.165, 1.54) is 4.90 Å². The lowest BCUT2D eigenvalue weighted by molar-refractivity contribution is -0.128. The van der Waals surface area contributed by atoms with Gasteiger partial charge in [-0.05, 0) is 27.2 Å².